The highest BCUT2D eigenvalue weighted by molar-refractivity contribution is 6.30. The van der Waals surface area contributed by atoms with Crippen LogP contribution >= 0.6 is 11.6 Å². The number of amides is 1. The van der Waals surface area contributed by atoms with E-state index in [9.17, 15) is 4.79 Å². The fourth-order valence-corrected chi connectivity index (χ4v) is 5.19. The zero-order chi connectivity index (χ0) is 22.4. The molecule has 1 aliphatic rings. The lowest BCUT2D eigenvalue weighted by molar-refractivity contribution is -0.119. The average molecular weight is 448 g/mol. The summed E-state index contributed by atoms with van der Waals surface area (Å²) >= 11 is 6.08. The smallest absolute Gasteiger partial charge is 0.228 e. The molecule has 1 heterocycles. The van der Waals surface area contributed by atoms with E-state index in [0.717, 1.165) is 11.3 Å². The molecule has 2 nitrogen and oxygen atoms in total. The highest BCUT2D eigenvalue weighted by Crippen LogP contribution is 2.45. The second-order valence-electron chi connectivity index (χ2n) is 8.69. The quantitative estimate of drug-likeness (QED) is 0.277. The number of anilines is 1. The Labute approximate surface area is 198 Å². The van der Waals surface area contributed by atoms with E-state index in [4.69, 9.17) is 11.6 Å². The molecule has 0 aromatic heterocycles. The predicted molar refractivity (Wildman–Crippen MR) is 137 cm³/mol. The summed E-state index contributed by atoms with van der Waals surface area (Å²) in [5.74, 6) is 0.163. The molecule has 1 aliphatic heterocycles. The van der Waals surface area contributed by atoms with Crippen LogP contribution in [0.5, 0.6) is 0 Å². The number of carbonyl (C=O) groups is 1. The summed E-state index contributed by atoms with van der Waals surface area (Å²) in [6, 6.07) is 35.4. The molecule has 0 saturated heterocycles. The number of carbonyl (C=O) groups excluding carboxylic acids is 1. The summed E-state index contributed by atoms with van der Waals surface area (Å²) in [6.45, 7) is 0.534. The molecule has 0 aliphatic carbocycles. The number of rotatable bonds is 3. The van der Waals surface area contributed by atoms with Crippen molar-refractivity contribution >= 4 is 44.7 Å². The van der Waals surface area contributed by atoms with Crippen molar-refractivity contribution in [3.8, 4) is 0 Å². The van der Waals surface area contributed by atoms with Crippen molar-refractivity contribution in [1.82, 2.24) is 0 Å². The van der Waals surface area contributed by atoms with Gasteiger partial charge in [-0.05, 0) is 56.4 Å². The lowest BCUT2D eigenvalue weighted by atomic mass is 9.80. The molecule has 0 spiro atoms. The van der Waals surface area contributed by atoms with Crippen molar-refractivity contribution in [2.75, 3.05) is 4.90 Å². The van der Waals surface area contributed by atoms with Crippen LogP contribution in [0, 0.1) is 0 Å². The van der Waals surface area contributed by atoms with Gasteiger partial charge >= 0.3 is 0 Å². The Balaban J connectivity index is 1.52. The molecule has 33 heavy (non-hydrogen) atoms. The molecule has 0 fully saturated rings. The number of benzene rings is 5. The second kappa shape index (κ2) is 8.06. The fraction of sp³-hybridized carbons (Fsp3) is 0.100. The summed E-state index contributed by atoms with van der Waals surface area (Å²) < 4.78 is 0. The van der Waals surface area contributed by atoms with Crippen LogP contribution in [0.2, 0.25) is 5.02 Å². The Morgan fingerprint density at radius 1 is 0.758 bits per heavy atom. The molecule has 160 valence electrons. The van der Waals surface area contributed by atoms with Gasteiger partial charge in [0.1, 0.15) is 0 Å². The van der Waals surface area contributed by atoms with Crippen LogP contribution in [0.15, 0.2) is 103 Å². The number of hydrogen-bond donors (Lipinski definition) is 0. The first-order valence-electron chi connectivity index (χ1n) is 11.2. The predicted octanol–water partition coefficient (Wildman–Crippen LogP) is 7.72. The number of hydrogen-bond acceptors (Lipinski definition) is 1. The van der Waals surface area contributed by atoms with Gasteiger partial charge in [-0.3, -0.25) is 4.79 Å². The Bertz CT molecular complexity index is 1510. The molecule has 0 bridgehead atoms. The van der Waals surface area contributed by atoms with E-state index in [2.05, 4.69) is 78.9 Å². The first-order valence-corrected chi connectivity index (χ1v) is 11.6. The SMILES string of the molecule is O=C1CC(c2ccc3ccccc3c2)c2c(ccc3ccccc23)N1Cc1ccc(Cl)cc1. The summed E-state index contributed by atoms with van der Waals surface area (Å²) in [6.07, 6.45) is 0.451. The molecular weight excluding hydrogens is 426 g/mol. The molecule has 1 amide bonds. The highest BCUT2D eigenvalue weighted by atomic mass is 35.5. The lowest BCUT2D eigenvalue weighted by Gasteiger charge is -2.35. The Kier molecular flexibility index (Phi) is 4.89. The maximum atomic E-state index is 13.5. The largest absolute Gasteiger partial charge is 0.308 e. The molecule has 5 aromatic rings. The molecule has 0 saturated carbocycles. The normalized spacial score (nSPS) is 15.7. The standard InChI is InChI=1S/C30H22ClNO/c31-25-14-9-20(10-15-25)19-32-28-16-13-22-6-3-4-8-26(22)30(28)27(18-29(32)33)24-12-11-21-5-1-2-7-23(21)17-24/h1-17,27H,18-19H2. The third-order valence-corrected chi connectivity index (χ3v) is 6.95. The van der Waals surface area contributed by atoms with Gasteiger partial charge in [0.25, 0.3) is 0 Å². The Morgan fingerprint density at radius 3 is 2.27 bits per heavy atom. The minimum Gasteiger partial charge on any atom is -0.308 e. The van der Waals surface area contributed by atoms with Gasteiger partial charge in [-0.2, -0.15) is 0 Å². The zero-order valence-corrected chi connectivity index (χ0v) is 18.8. The number of nitrogens with zero attached hydrogens (tertiary/aromatic N) is 1. The molecule has 1 atom stereocenters. The molecule has 0 N–H and O–H groups in total. The van der Waals surface area contributed by atoms with Gasteiger partial charge < -0.3 is 4.90 Å². The maximum Gasteiger partial charge on any atom is 0.228 e. The summed E-state index contributed by atoms with van der Waals surface area (Å²) in [4.78, 5) is 15.4. The zero-order valence-electron chi connectivity index (χ0n) is 18.0. The highest BCUT2D eigenvalue weighted by Gasteiger charge is 2.33. The minimum absolute atomic E-state index is 0.0182. The van der Waals surface area contributed by atoms with E-state index in [1.807, 2.05) is 29.2 Å². The average Bonchev–Trinajstić information content (AvgIpc) is 2.86. The van der Waals surface area contributed by atoms with Gasteiger partial charge in [-0.1, -0.05) is 96.5 Å². The van der Waals surface area contributed by atoms with E-state index in [1.54, 1.807) is 0 Å². The van der Waals surface area contributed by atoms with E-state index < -0.39 is 0 Å². The third kappa shape index (κ3) is 3.57. The number of fused-ring (bicyclic) bond motifs is 4. The van der Waals surface area contributed by atoms with Gasteiger partial charge in [0.05, 0.1) is 6.54 Å². The van der Waals surface area contributed by atoms with E-state index in [-0.39, 0.29) is 11.8 Å². The molecule has 5 aromatic carbocycles. The fourth-order valence-electron chi connectivity index (χ4n) is 5.06. The molecule has 3 heteroatoms. The van der Waals surface area contributed by atoms with Crippen molar-refractivity contribution in [3.05, 3.63) is 125 Å². The van der Waals surface area contributed by atoms with Gasteiger partial charge in [0.15, 0.2) is 0 Å². The van der Waals surface area contributed by atoms with Gasteiger partial charge in [-0.25, -0.2) is 0 Å². The lowest BCUT2D eigenvalue weighted by Crippen LogP contribution is -2.36. The second-order valence-corrected chi connectivity index (χ2v) is 9.13. The third-order valence-electron chi connectivity index (χ3n) is 6.70. The van der Waals surface area contributed by atoms with Gasteiger partial charge in [0, 0.05) is 23.0 Å². The van der Waals surface area contributed by atoms with Gasteiger partial charge in [0.2, 0.25) is 5.91 Å². The Morgan fingerprint density at radius 2 is 1.45 bits per heavy atom. The van der Waals surface area contributed by atoms with E-state index >= 15 is 0 Å². The van der Waals surface area contributed by atoms with Crippen LogP contribution < -0.4 is 4.90 Å². The van der Waals surface area contributed by atoms with E-state index in [1.165, 1.54) is 32.7 Å². The van der Waals surface area contributed by atoms with Crippen molar-refractivity contribution in [1.29, 1.82) is 0 Å². The van der Waals surface area contributed by atoms with Gasteiger partial charge in [-0.15, -0.1) is 0 Å². The van der Waals surface area contributed by atoms with Crippen molar-refractivity contribution < 1.29 is 4.79 Å². The van der Waals surface area contributed by atoms with Crippen molar-refractivity contribution in [2.45, 2.75) is 18.9 Å². The monoisotopic (exact) mass is 447 g/mol. The Hall–Kier alpha value is -3.62. The van der Waals surface area contributed by atoms with E-state index in [0.29, 0.717) is 18.0 Å². The summed E-state index contributed by atoms with van der Waals surface area (Å²) in [7, 11) is 0. The minimum atomic E-state index is 0.0182. The van der Waals surface area contributed by atoms with Crippen LogP contribution in [0.4, 0.5) is 5.69 Å². The molecule has 1 unspecified atom stereocenters. The van der Waals surface area contributed by atoms with Crippen LogP contribution in [-0.4, -0.2) is 5.91 Å². The number of halogens is 1. The van der Waals surface area contributed by atoms with Crippen LogP contribution in [0.1, 0.15) is 29.0 Å². The van der Waals surface area contributed by atoms with Crippen LogP contribution in [0.25, 0.3) is 21.5 Å². The first kappa shape index (κ1) is 20.0. The summed E-state index contributed by atoms with van der Waals surface area (Å²) in [5.41, 5.74) is 4.48. The topological polar surface area (TPSA) is 20.3 Å². The first-order chi connectivity index (χ1) is 16.2. The van der Waals surface area contributed by atoms with Crippen LogP contribution in [0.3, 0.4) is 0 Å². The maximum absolute atomic E-state index is 13.5. The molecule has 6 rings (SSSR count). The van der Waals surface area contributed by atoms with Crippen molar-refractivity contribution in [2.24, 2.45) is 0 Å². The molecule has 0 radical (unpaired) electrons. The van der Waals surface area contributed by atoms with Crippen molar-refractivity contribution in [3.63, 3.8) is 0 Å². The summed E-state index contributed by atoms with van der Waals surface area (Å²) in [5, 5.41) is 5.52. The molecular formula is C30H22ClNO. The van der Waals surface area contributed by atoms with Crippen LogP contribution in [-0.2, 0) is 11.3 Å².